The molecule has 2 saturated carbocycles. The fraction of sp³-hybridized carbons (Fsp3) is 0.929. The van der Waals surface area contributed by atoms with Crippen molar-refractivity contribution in [1.82, 2.24) is 10.6 Å². The number of hydrogen-bond donors (Lipinski definition) is 2. The van der Waals surface area contributed by atoms with E-state index in [2.05, 4.69) is 10.6 Å². The van der Waals surface area contributed by atoms with Crippen LogP contribution in [0.15, 0.2) is 0 Å². The van der Waals surface area contributed by atoms with Gasteiger partial charge in [0, 0.05) is 19.1 Å². The van der Waals surface area contributed by atoms with Crippen LogP contribution in [0.1, 0.15) is 46.5 Å². The highest BCUT2D eigenvalue weighted by Crippen LogP contribution is 2.44. The largest absolute Gasteiger partial charge is 0.444 e. The molecule has 0 aromatic carbocycles. The third-order valence-corrected chi connectivity index (χ3v) is 3.94. The van der Waals surface area contributed by atoms with Gasteiger partial charge in [-0.15, -0.1) is 0 Å². The maximum atomic E-state index is 11.4. The number of carbonyl (C=O) groups excluding carboxylic acids is 1. The van der Waals surface area contributed by atoms with Gasteiger partial charge in [-0.25, -0.2) is 4.79 Å². The van der Waals surface area contributed by atoms with E-state index in [0.717, 1.165) is 18.4 Å². The molecule has 3 atom stereocenters. The summed E-state index contributed by atoms with van der Waals surface area (Å²) in [7, 11) is 0. The molecule has 0 radical (unpaired) electrons. The molecule has 0 aromatic rings. The molecule has 2 N–H and O–H groups in total. The van der Waals surface area contributed by atoms with Gasteiger partial charge in [0.15, 0.2) is 0 Å². The Kier molecular flexibility index (Phi) is 4.15. The zero-order valence-electron chi connectivity index (χ0n) is 11.8. The Labute approximate surface area is 110 Å². The minimum atomic E-state index is -0.415. The van der Waals surface area contributed by atoms with Crippen molar-refractivity contribution in [2.75, 3.05) is 13.1 Å². The summed E-state index contributed by atoms with van der Waals surface area (Å²) in [5.41, 5.74) is -0.415. The number of ether oxygens (including phenoxy) is 1. The number of fused-ring (bicyclic) bond motifs is 2. The number of amides is 1. The number of nitrogens with one attached hydrogen (secondary N) is 2. The van der Waals surface area contributed by atoms with E-state index in [1.165, 1.54) is 25.7 Å². The summed E-state index contributed by atoms with van der Waals surface area (Å²) in [5, 5.41) is 6.34. The maximum Gasteiger partial charge on any atom is 0.407 e. The lowest BCUT2D eigenvalue weighted by molar-refractivity contribution is 0.0527. The first-order valence-corrected chi connectivity index (χ1v) is 7.14. The van der Waals surface area contributed by atoms with Crippen LogP contribution in [0.3, 0.4) is 0 Å². The summed E-state index contributed by atoms with van der Waals surface area (Å²) >= 11 is 0. The molecule has 0 aromatic heterocycles. The van der Waals surface area contributed by atoms with E-state index in [9.17, 15) is 4.79 Å². The number of rotatable bonds is 4. The first-order valence-electron chi connectivity index (χ1n) is 7.14. The van der Waals surface area contributed by atoms with Crippen LogP contribution in [0.4, 0.5) is 4.79 Å². The third-order valence-electron chi connectivity index (χ3n) is 3.94. The quantitative estimate of drug-likeness (QED) is 0.757. The average Bonchev–Trinajstić information content (AvgIpc) is 2.83. The van der Waals surface area contributed by atoms with E-state index >= 15 is 0 Å². The van der Waals surface area contributed by atoms with Crippen LogP contribution >= 0.6 is 0 Å². The molecule has 4 nitrogen and oxygen atoms in total. The summed E-state index contributed by atoms with van der Waals surface area (Å²) in [6.45, 7) is 7.11. The van der Waals surface area contributed by atoms with Crippen LogP contribution < -0.4 is 10.6 Å². The Morgan fingerprint density at radius 2 is 2.00 bits per heavy atom. The molecule has 3 unspecified atom stereocenters. The highest BCUT2D eigenvalue weighted by molar-refractivity contribution is 5.67. The first kappa shape index (κ1) is 13.7. The molecule has 0 heterocycles. The van der Waals surface area contributed by atoms with E-state index in [-0.39, 0.29) is 6.09 Å². The molecule has 2 aliphatic rings. The normalized spacial score (nSPS) is 30.5. The first-order chi connectivity index (χ1) is 8.44. The molecule has 0 aliphatic heterocycles. The Hall–Kier alpha value is -0.770. The molecule has 1 amide bonds. The van der Waals surface area contributed by atoms with Gasteiger partial charge in [0.05, 0.1) is 0 Å². The lowest BCUT2D eigenvalue weighted by atomic mass is 9.95. The van der Waals surface area contributed by atoms with Crippen molar-refractivity contribution < 1.29 is 9.53 Å². The van der Waals surface area contributed by atoms with Gasteiger partial charge in [-0.3, -0.25) is 0 Å². The molecule has 0 saturated heterocycles. The van der Waals surface area contributed by atoms with Crippen molar-refractivity contribution in [1.29, 1.82) is 0 Å². The van der Waals surface area contributed by atoms with E-state index in [0.29, 0.717) is 12.6 Å². The van der Waals surface area contributed by atoms with E-state index in [1.54, 1.807) is 0 Å². The summed E-state index contributed by atoms with van der Waals surface area (Å²) in [6, 6.07) is 0.684. The molecule has 0 spiro atoms. The van der Waals surface area contributed by atoms with Gasteiger partial charge in [0.25, 0.3) is 0 Å². The van der Waals surface area contributed by atoms with E-state index in [1.807, 2.05) is 20.8 Å². The zero-order valence-corrected chi connectivity index (χ0v) is 11.8. The summed E-state index contributed by atoms with van der Waals surface area (Å²) < 4.78 is 5.18. The van der Waals surface area contributed by atoms with Crippen molar-refractivity contribution in [3.8, 4) is 0 Å². The predicted octanol–water partition coefficient (Wildman–Crippen LogP) is 2.29. The fourth-order valence-corrected chi connectivity index (χ4v) is 3.23. The Bertz CT molecular complexity index is 299. The average molecular weight is 254 g/mol. The number of alkyl carbamates (subject to hydrolysis) is 1. The van der Waals surface area contributed by atoms with Crippen LogP contribution in [0, 0.1) is 11.8 Å². The number of hydrogen-bond acceptors (Lipinski definition) is 3. The minimum absolute atomic E-state index is 0.322. The molecule has 2 rings (SSSR count). The van der Waals surface area contributed by atoms with Crippen LogP contribution in [0.25, 0.3) is 0 Å². The van der Waals surface area contributed by atoms with Crippen molar-refractivity contribution in [2.45, 2.75) is 58.1 Å². The van der Waals surface area contributed by atoms with E-state index < -0.39 is 5.60 Å². The van der Waals surface area contributed by atoms with Gasteiger partial charge < -0.3 is 15.4 Å². The van der Waals surface area contributed by atoms with Crippen molar-refractivity contribution >= 4 is 6.09 Å². The van der Waals surface area contributed by atoms with Crippen molar-refractivity contribution in [3.05, 3.63) is 0 Å². The summed E-state index contributed by atoms with van der Waals surface area (Å²) in [5.74, 6) is 1.85. The topological polar surface area (TPSA) is 50.4 Å². The smallest absolute Gasteiger partial charge is 0.407 e. The predicted molar refractivity (Wildman–Crippen MR) is 71.5 cm³/mol. The Balaban J connectivity index is 1.55. The zero-order chi connectivity index (χ0) is 13.2. The molecular weight excluding hydrogens is 228 g/mol. The Morgan fingerprint density at radius 1 is 1.22 bits per heavy atom. The molecule has 104 valence electrons. The monoisotopic (exact) mass is 254 g/mol. The molecule has 2 fully saturated rings. The van der Waals surface area contributed by atoms with E-state index in [4.69, 9.17) is 4.74 Å². The van der Waals surface area contributed by atoms with Gasteiger partial charge in [0.1, 0.15) is 5.60 Å². The second-order valence-electron chi connectivity index (χ2n) is 6.66. The Morgan fingerprint density at radius 3 is 2.56 bits per heavy atom. The van der Waals surface area contributed by atoms with Crippen LogP contribution in [0.5, 0.6) is 0 Å². The van der Waals surface area contributed by atoms with Crippen LogP contribution in [0.2, 0.25) is 0 Å². The number of carbonyl (C=O) groups is 1. The van der Waals surface area contributed by atoms with Gasteiger partial charge in [-0.2, -0.15) is 0 Å². The SMILES string of the molecule is CC(C)(C)OC(=O)NCCNC1CC2CCC1C2. The molecule has 2 bridgehead atoms. The highest BCUT2D eigenvalue weighted by atomic mass is 16.6. The van der Waals surface area contributed by atoms with Crippen LogP contribution in [-0.2, 0) is 4.74 Å². The standard InChI is InChI=1S/C14H26N2O2/c1-14(2,3)18-13(17)16-7-6-15-12-9-10-4-5-11(12)8-10/h10-12,15H,4-9H2,1-3H3,(H,16,17). The maximum absolute atomic E-state index is 11.4. The lowest BCUT2D eigenvalue weighted by Gasteiger charge is -2.23. The van der Waals surface area contributed by atoms with Gasteiger partial charge in [-0.1, -0.05) is 6.42 Å². The summed E-state index contributed by atoms with van der Waals surface area (Å²) in [6.07, 6.45) is 5.24. The molecular formula is C14H26N2O2. The lowest BCUT2D eigenvalue weighted by Crippen LogP contribution is -2.41. The highest BCUT2D eigenvalue weighted by Gasteiger charge is 2.38. The van der Waals surface area contributed by atoms with Crippen LogP contribution in [-0.4, -0.2) is 30.8 Å². The minimum Gasteiger partial charge on any atom is -0.444 e. The van der Waals surface area contributed by atoms with Gasteiger partial charge in [0.2, 0.25) is 0 Å². The summed E-state index contributed by atoms with van der Waals surface area (Å²) in [4.78, 5) is 11.4. The molecule has 18 heavy (non-hydrogen) atoms. The molecule has 2 aliphatic carbocycles. The van der Waals surface area contributed by atoms with Crippen molar-refractivity contribution in [2.24, 2.45) is 11.8 Å². The second-order valence-corrected chi connectivity index (χ2v) is 6.66. The second kappa shape index (κ2) is 5.47. The van der Waals surface area contributed by atoms with Crippen molar-refractivity contribution in [3.63, 3.8) is 0 Å². The fourth-order valence-electron chi connectivity index (χ4n) is 3.23. The van der Waals surface area contributed by atoms with Gasteiger partial charge in [-0.05, 0) is 51.9 Å². The third kappa shape index (κ3) is 3.87. The molecule has 4 heteroatoms. The van der Waals surface area contributed by atoms with Gasteiger partial charge >= 0.3 is 6.09 Å².